The Labute approximate surface area is 162 Å². The maximum Gasteiger partial charge on any atom is 0.322 e. The Hall–Kier alpha value is -3.41. The third-order valence-corrected chi connectivity index (χ3v) is 4.72. The summed E-state index contributed by atoms with van der Waals surface area (Å²) in [6.45, 7) is 2.28. The maximum absolute atomic E-state index is 13.4. The molecule has 3 aromatic rings. The lowest BCUT2D eigenvalue weighted by Gasteiger charge is -2.23. The van der Waals surface area contributed by atoms with E-state index >= 15 is 0 Å². The quantitative estimate of drug-likeness (QED) is 0.719. The van der Waals surface area contributed by atoms with Crippen molar-refractivity contribution in [3.63, 3.8) is 0 Å². The summed E-state index contributed by atoms with van der Waals surface area (Å²) in [7, 11) is 0. The predicted molar refractivity (Wildman–Crippen MR) is 105 cm³/mol. The van der Waals surface area contributed by atoms with Crippen molar-refractivity contribution in [2.75, 3.05) is 4.90 Å². The summed E-state index contributed by atoms with van der Waals surface area (Å²) in [5.41, 5.74) is 2.82. The van der Waals surface area contributed by atoms with Gasteiger partial charge in [-0.05, 0) is 43.2 Å². The maximum atomic E-state index is 13.4. The molecule has 1 aliphatic rings. The molecule has 2 aromatic carbocycles. The number of anilines is 1. The van der Waals surface area contributed by atoms with Crippen LogP contribution in [0.25, 0.3) is 0 Å². The van der Waals surface area contributed by atoms with Gasteiger partial charge in [0.2, 0.25) is 5.88 Å². The van der Waals surface area contributed by atoms with Crippen LogP contribution in [-0.2, 0) is 13.0 Å². The second kappa shape index (κ2) is 7.68. The van der Waals surface area contributed by atoms with Crippen LogP contribution in [0.5, 0.6) is 11.6 Å². The number of rotatable bonds is 4. The fourth-order valence-corrected chi connectivity index (χ4v) is 3.42. The Morgan fingerprint density at radius 3 is 2.93 bits per heavy atom. The fourth-order valence-electron chi connectivity index (χ4n) is 3.42. The molecule has 0 aliphatic carbocycles. The topological polar surface area (TPSA) is 54.5 Å². The second-order valence-electron chi connectivity index (χ2n) is 6.74. The number of halogens is 1. The van der Waals surface area contributed by atoms with Crippen LogP contribution in [0.1, 0.15) is 18.1 Å². The lowest BCUT2D eigenvalue weighted by Crippen LogP contribution is -2.43. The van der Waals surface area contributed by atoms with Gasteiger partial charge in [-0.3, -0.25) is 4.90 Å². The number of pyridine rings is 1. The third kappa shape index (κ3) is 3.67. The van der Waals surface area contributed by atoms with Gasteiger partial charge in [0.05, 0.1) is 0 Å². The van der Waals surface area contributed by atoms with Gasteiger partial charge in [0.15, 0.2) is 0 Å². The molecule has 4 rings (SSSR count). The van der Waals surface area contributed by atoms with Crippen LogP contribution in [0.15, 0.2) is 66.9 Å². The van der Waals surface area contributed by atoms with Gasteiger partial charge in [0.1, 0.15) is 11.6 Å². The number of nitrogens with one attached hydrogen (secondary N) is 1. The van der Waals surface area contributed by atoms with E-state index in [-0.39, 0.29) is 24.4 Å². The van der Waals surface area contributed by atoms with Gasteiger partial charge in [-0.15, -0.1) is 0 Å². The highest BCUT2D eigenvalue weighted by atomic mass is 19.1. The van der Waals surface area contributed by atoms with Gasteiger partial charge < -0.3 is 10.1 Å². The zero-order chi connectivity index (χ0) is 19.5. The minimum absolute atomic E-state index is 0.0920. The Morgan fingerprint density at radius 1 is 1.21 bits per heavy atom. The molecule has 2 heterocycles. The van der Waals surface area contributed by atoms with E-state index in [2.05, 4.69) is 10.3 Å². The van der Waals surface area contributed by atoms with Crippen molar-refractivity contribution >= 4 is 11.7 Å². The van der Waals surface area contributed by atoms with Gasteiger partial charge in [0, 0.05) is 36.1 Å². The monoisotopic (exact) mass is 377 g/mol. The predicted octanol–water partition coefficient (Wildman–Crippen LogP) is 4.67. The summed E-state index contributed by atoms with van der Waals surface area (Å²) in [5, 5.41) is 2.94. The molecule has 6 heteroatoms. The molecule has 1 aliphatic heterocycles. The Morgan fingerprint density at radius 2 is 2.07 bits per heavy atom. The molecular weight excluding hydrogens is 357 g/mol. The van der Waals surface area contributed by atoms with E-state index in [0.717, 1.165) is 12.1 Å². The Bertz CT molecular complexity index is 1010. The summed E-state index contributed by atoms with van der Waals surface area (Å²) in [6, 6.07) is 17.3. The first-order valence-electron chi connectivity index (χ1n) is 9.14. The molecule has 1 atom stereocenters. The smallest absolute Gasteiger partial charge is 0.322 e. The lowest BCUT2D eigenvalue weighted by atomic mass is 10.1. The number of para-hydroxylation sites is 1. The van der Waals surface area contributed by atoms with Crippen molar-refractivity contribution in [1.82, 2.24) is 10.3 Å². The molecule has 5 nitrogen and oxygen atoms in total. The highest BCUT2D eigenvalue weighted by molar-refractivity contribution is 5.94. The summed E-state index contributed by atoms with van der Waals surface area (Å²) in [5.74, 6) is 0.307. The van der Waals surface area contributed by atoms with Gasteiger partial charge in [-0.2, -0.15) is 0 Å². The van der Waals surface area contributed by atoms with Crippen LogP contribution in [-0.4, -0.2) is 17.1 Å². The Kier molecular flexibility index (Phi) is 4.93. The molecule has 1 aromatic heterocycles. The Balaban J connectivity index is 1.48. The molecule has 1 N–H and O–H groups in total. The van der Waals surface area contributed by atoms with Crippen molar-refractivity contribution in [3.05, 3.63) is 83.8 Å². The van der Waals surface area contributed by atoms with E-state index in [1.54, 1.807) is 29.3 Å². The number of amides is 2. The SMILES string of the molecule is C[C@H]1Cc2ccccc2N1C(=O)NCc1cccnc1Oc1cccc(F)c1. The van der Waals surface area contributed by atoms with Crippen LogP contribution in [0.4, 0.5) is 14.9 Å². The first-order chi connectivity index (χ1) is 13.6. The number of carbonyl (C=O) groups is 1. The average Bonchev–Trinajstić information content (AvgIpc) is 3.03. The number of nitrogens with zero attached hydrogens (tertiary/aromatic N) is 2. The fraction of sp³-hybridized carbons (Fsp3) is 0.182. The number of aromatic nitrogens is 1. The van der Waals surface area contributed by atoms with E-state index < -0.39 is 0 Å². The van der Waals surface area contributed by atoms with Crippen molar-refractivity contribution in [2.24, 2.45) is 0 Å². The first kappa shape index (κ1) is 18.0. The minimum atomic E-state index is -0.384. The molecule has 28 heavy (non-hydrogen) atoms. The standard InChI is InChI=1S/C22H20FN3O2/c1-15-12-16-6-2-3-10-20(16)26(15)22(27)25-14-17-7-5-11-24-21(17)28-19-9-4-8-18(23)13-19/h2-11,13,15H,12,14H2,1H3,(H,25,27)/t15-/m0/s1. The zero-order valence-electron chi connectivity index (χ0n) is 15.4. The van der Waals surface area contributed by atoms with Crippen LogP contribution in [0, 0.1) is 5.82 Å². The summed E-state index contributed by atoms with van der Waals surface area (Å²) in [6.07, 6.45) is 2.43. The molecule has 0 radical (unpaired) electrons. The molecule has 0 unspecified atom stereocenters. The van der Waals surface area contributed by atoms with Crippen LogP contribution < -0.4 is 15.0 Å². The van der Waals surface area contributed by atoms with E-state index in [0.29, 0.717) is 17.2 Å². The third-order valence-electron chi connectivity index (χ3n) is 4.72. The summed E-state index contributed by atoms with van der Waals surface area (Å²) < 4.78 is 19.1. The number of carbonyl (C=O) groups excluding carboxylic acids is 1. The van der Waals surface area contributed by atoms with Gasteiger partial charge in [-0.1, -0.05) is 30.3 Å². The zero-order valence-corrected chi connectivity index (χ0v) is 15.4. The second-order valence-corrected chi connectivity index (χ2v) is 6.74. The summed E-state index contributed by atoms with van der Waals surface area (Å²) >= 11 is 0. The molecule has 0 spiro atoms. The highest BCUT2D eigenvalue weighted by Crippen LogP contribution is 2.32. The van der Waals surface area contributed by atoms with Crippen molar-refractivity contribution in [3.8, 4) is 11.6 Å². The van der Waals surface area contributed by atoms with Crippen LogP contribution in [0.3, 0.4) is 0 Å². The largest absolute Gasteiger partial charge is 0.439 e. The summed E-state index contributed by atoms with van der Waals surface area (Å²) in [4.78, 5) is 18.8. The molecule has 2 amide bonds. The number of hydrogen-bond acceptors (Lipinski definition) is 3. The molecule has 0 saturated heterocycles. The van der Waals surface area contributed by atoms with Crippen molar-refractivity contribution < 1.29 is 13.9 Å². The van der Waals surface area contributed by atoms with E-state index in [9.17, 15) is 9.18 Å². The molecule has 142 valence electrons. The number of ether oxygens (including phenoxy) is 1. The van der Waals surface area contributed by atoms with Crippen LogP contribution >= 0.6 is 0 Å². The number of hydrogen-bond donors (Lipinski definition) is 1. The number of fused-ring (bicyclic) bond motifs is 1. The van der Waals surface area contributed by atoms with Gasteiger partial charge >= 0.3 is 6.03 Å². The van der Waals surface area contributed by atoms with Gasteiger partial charge in [-0.25, -0.2) is 14.2 Å². The number of urea groups is 1. The van der Waals surface area contributed by atoms with Gasteiger partial charge in [0.25, 0.3) is 0 Å². The first-order valence-corrected chi connectivity index (χ1v) is 9.14. The molecular formula is C22H20FN3O2. The number of benzene rings is 2. The highest BCUT2D eigenvalue weighted by Gasteiger charge is 2.30. The van der Waals surface area contributed by atoms with Crippen molar-refractivity contribution in [2.45, 2.75) is 25.9 Å². The van der Waals surface area contributed by atoms with E-state index in [4.69, 9.17) is 4.74 Å². The lowest BCUT2D eigenvalue weighted by molar-refractivity contribution is 0.244. The van der Waals surface area contributed by atoms with Crippen LogP contribution in [0.2, 0.25) is 0 Å². The molecule has 0 bridgehead atoms. The normalized spacial score (nSPS) is 15.2. The molecule has 0 fully saturated rings. The molecule has 0 saturated carbocycles. The average molecular weight is 377 g/mol. The van der Waals surface area contributed by atoms with E-state index in [1.165, 1.54) is 17.7 Å². The minimum Gasteiger partial charge on any atom is -0.439 e. The van der Waals surface area contributed by atoms with Crippen molar-refractivity contribution in [1.29, 1.82) is 0 Å². The van der Waals surface area contributed by atoms with E-state index in [1.807, 2.05) is 37.3 Å².